The molecule has 2 aliphatic heterocycles. The van der Waals surface area contributed by atoms with Gasteiger partial charge < -0.3 is 24.6 Å². The number of H-pyrrole nitrogens is 1. The van der Waals surface area contributed by atoms with Crippen molar-refractivity contribution < 1.29 is 28.7 Å². The maximum absolute atomic E-state index is 13.8. The Morgan fingerprint density at radius 3 is 2.32 bits per heavy atom. The second kappa shape index (κ2) is 12.2. The fraction of sp³-hybridized carbons (Fsp3) is 0.581. The molecule has 2 aliphatic carbocycles. The van der Waals surface area contributed by atoms with E-state index in [0.29, 0.717) is 87.8 Å². The lowest BCUT2D eigenvalue weighted by molar-refractivity contribution is -0.138. The first-order valence-electron chi connectivity index (χ1n) is 15.5. The molecule has 0 atom stereocenters. The Morgan fingerprint density at radius 2 is 1.64 bits per heavy atom. The third-order valence-corrected chi connectivity index (χ3v) is 8.81. The van der Waals surface area contributed by atoms with E-state index >= 15 is 0 Å². The number of carbonyl (C=O) groups is 4. The van der Waals surface area contributed by atoms with E-state index in [4.69, 9.17) is 9.47 Å². The van der Waals surface area contributed by atoms with Crippen LogP contribution in [0, 0.1) is 5.92 Å². The van der Waals surface area contributed by atoms with Crippen molar-refractivity contribution in [2.24, 2.45) is 5.92 Å². The minimum atomic E-state index is -0.552. The smallest absolute Gasteiger partial charge is 0.410 e. The number of morpholine rings is 1. The molecule has 3 N–H and O–H groups in total. The van der Waals surface area contributed by atoms with Crippen molar-refractivity contribution in [3.05, 3.63) is 35.0 Å². The molecule has 1 saturated carbocycles. The monoisotopic (exact) mass is 607 g/mol. The highest BCUT2D eigenvalue weighted by molar-refractivity contribution is 6.25. The first-order valence-corrected chi connectivity index (χ1v) is 15.5. The molecule has 1 aromatic heterocycles. The number of hydrogen-bond acceptors (Lipinski definition) is 8. The van der Waals surface area contributed by atoms with Crippen LogP contribution in [0.5, 0.6) is 0 Å². The number of fused-ring (bicyclic) bond motifs is 3. The van der Waals surface area contributed by atoms with Gasteiger partial charge in [-0.25, -0.2) is 14.6 Å². The van der Waals surface area contributed by atoms with Crippen LogP contribution in [0.2, 0.25) is 0 Å². The lowest BCUT2D eigenvalue weighted by Gasteiger charge is -2.38. The third kappa shape index (κ3) is 6.16. The van der Waals surface area contributed by atoms with E-state index in [1.54, 1.807) is 16.0 Å². The number of nitrogens with one attached hydrogen (secondary N) is 3. The Bertz CT molecular complexity index is 1430. The quantitative estimate of drug-likeness (QED) is 0.409. The number of anilines is 1. The second-order valence-electron chi connectivity index (χ2n) is 12.9. The predicted octanol–water partition coefficient (Wildman–Crippen LogP) is 3.34. The van der Waals surface area contributed by atoms with E-state index in [2.05, 4.69) is 20.9 Å². The number of ketones is 1. The van der Waals surface area contributed by atoms with Gasteiger partial charge in [-0.15, -0.1) is 0 Å². The van der Waals surface area contributed by atoms with Crippen molar-refractivity contribution in [3.8, 4) is 11.3 Å². The highest BCUT2D eigenvalue weighted by Gasteiger charge is 2.39. The van der Waals surface area contributed by atoms with Crippen LogP contribution in [-0.4, -0.2) is 107 Å². The van der Waals surface area contributed by atoms with Crippen LogP contribution in [0.25, 0.3) is 11.3 Å². The van der Waals surface area contributed by atoms with E-state index in [1.165, 1.54) is 0 Å². The minimum Gasteiger partial charge on any atom is -0.444 e. The number of ether oxygens (including phenoxy) is 2. The molecule has 4 amide bonds. The molecule has 2 saturated heterocycles. The van der Waals surface area contributed by atoms with E-state index in [9.17, 15) is 19.2 Å². The number of amides is 4. The number of hydrazine groups is 1. The predicted molar refractivity (Wildman–Crippen MR) is 161 cm³/mol. The zero-order valence-electron chi connectivity index (χ0n) is 25.6. The largest absolute Gasteiger partial charge is 0.444 e. The van der Waals surface area contributed by atoms with Crippen LogP contribution in [-0.2, 0) is 14.3 Å². The number of nitrogens with zero attached hydrogens (tertiary/aromatic N) is 4. The van der Waals surface area contributed by atoms with Crippen molar-refractivity contribution in [1.29, 1.82) is 0 Å². The summed E-state index contributed by atoms with van der Waals surface area (Å²) in [5.74, 6) is -0.0430. The van der Waals surface area contributed by atoms with E-state index in [1.807, 2.05) is 37.8 Å². The Balaban J connectivity index is 1.05. The molecule has 13 heteroatoms. The van der Waals surface area contributed by atoms with Gasteiger partial charge in [0, 0.05) is 56.7 Å². The van der Waals surface area contributed by atoms with Gasteiger partial charge in [0.25, 0.3) is 0 Å². The van der Waals surface area contributed by atoms with E-state index in [-0.39, 0.29) is 29.6 Å². The summed E-state index contributed by atoms with van der Waals surface area (Å²) in [6, 6.07) is 5.01. The third-order valence-electron chi connectivity index (χ3n) is 8.81. The van der Waals surface area contributed by atoms with Gasteiger partial charge in [0.15, 0.2) is 5.78 Å². The molecule has 0 unspecified atom stereocenters. The van der Waals surface area contributed by atoms with Gasteiger partial charge in [-0.05, 0) is 52.5 Å². The number of benzene rings is 1. The second-order valence-corrected chi connectivity index (χ2v) is 12.9. The molecule has 3 fully saturated rings. The van der Waals surface area contributed by atoms with Crippen LogP contribution < -0.4 is 10.7 Å². The number of hydrogen-bond donors (Lipinski definition) is 3. The summed E-state index contributed by atoms with van der Waals surface area (Å²) in [6.45, 7) is 9.74. The molecule has 13 nitrogen and oxygen atoms in total. The van der Waals surface area contributed by atoms with Crippen LogP contribution in [0.1, 0.15) is 74.0 Å². The maximum atomic E-state index is 13.8. The average Bonchev–Trinajstić information content (AvgIpc) is 3.56. The Morgan fingerprint density at radius 1 is 0.955 bits per heavy atom. The molecule has 44 heavy (non-hydrogen) atoms. The number of piperazine rings is 1. The Labute approximate surface area is 256 Å². The molecule has 2 aromatic rings. The zero-order valence-corrected chi connectivity index (χ0v) is 25.6. The summed E-state index contributed by atoms with van der Waals surface area (Å²) in [4.78, 5) is 55.8. The molecule has 236 valence electrons. The van der Waals surface area contributed by atoms with Crippen molar-refractivity contribution in [3.63, 3.8) is 0 Å². The number of carbonyl (C=O) groups excluding carboxylic acids is 4. The van der Waals surface area contributed by atoms with Crippen molar-refractivity contribution >= 4 is 29.5 Å². The summed E-state index contributed by atoms with van der Waals surface area (Å²) in [6.07, 6.45) is 2.59. The van der Waals surface area contributed by atoms with Crippen LogP contribution in [0.15, 0.2) is 18.2 Å². The van der Waals surface area contributed by atoms with Gasteiger partial charge in [-0.3, -0.25) is 20.1 Å². The van der Waals surface area contributed by atoms with Crippen molar-refractivity contribution in [2.45, 2.75) is 58.0 Å². The normalized spacial score (nSPS) is 22.3. The lowest BCUT2D eigenvalue weighted by atomic mass is 9.78. The fourth-order valence-electron chi connectivity index (χ4n) is 6.59. The maximum Gasteiger partial charge on any atom is 0.410 e. The molecule has 0 radical (unpaired) electrons. The van der Waals surface area contributed by atoms with Gasteiger partial charge in [0.1, 0.15) is 5.60 Å². The lowest BCUT2D eigenvalue weighted by Crippen LogP contribution is -2.53. The van der Waals surface area contributed by atoms with Gasteiger partial charge in [-0.2, -0.15) is 5.10 Å². The first-order chi connectivity index (χ1) is 21.1. The summed E-state index contributed by atoms with van der Waals surface area (Å²) >= 11 is 0. The highest BCUT2D eigenvalue weighted by Crippen LogP contribution is 2.45. The first kappa shape index (κ1) is 30.1. The molecule has 1 aromatic carbocycles. The number of aromatic nitrogens is 2. The molecule has 4 aliphatic rings. The summed E-state index contributed by atoms with van der Waals surface area (Å²) < 4.78 is 10.8. The molecule has 0 spiro atoms. The van der Waals surface area contributed by atoms with Crippen molar-refractivity contribution in [1.82, 2.24) is 30.4 Å². The van der Waals surface area contributed by atoms with Gasteiger partial charge in [0.2, 0.25) is 5.91 Å². The highest BCUT2D eigenvalue weighted by atomic mass is 16.6. The molecule has 3 heterocycles. The molecule has 0 bridgehead atoms. The number of aromatic amines is 1. The summed E-state index contributed by atoms with van der Waals surface area (Å²) in [5, 5.41) is 12.3. The summed E-state index contributed by atoms with van der Waals surface area (Å²) in [5.41, 5.74) is 5.89. The SMILES string of the molecule is CC(C)(C)OC(=O)N1CCN(C(=O)[C@H]2CC[C@H](c3n[nH]c4c3C(=O)c3c(NC(=O)NN5CCOCC5)cccc3-4)CC2)CC1. The Hall–Kier alpha value is -3.97. The van der Waals surface area contributed by atoms with Crippen LogP contribution >= 0.6 is 0 Å². The number of rotatable bonds is 4. The van der Waals surface area contributed by atoms with E-state index in [0.717, 1.165) is 24.1 Å². The zero-order chi connectivity index (χ0) is 31.0. The van der Waals surface area contributed by atoms with Gasteiger partial charge >= 0.3 is 12.1 Å². The minimum absolute atomic E-state index is 0.0577. The van der Waals surface area contributed by atoms with Crippen LogP contribution in [0.3, 0.4) is 0 Å². The van der Waals surface area contributed by atoms with Crippen molar-refractivity contribution in [2.75, 3.05) is 57.8 Å². The molecule has 6 rings (SSSR count). The molecular weight excluding hydrogens is 566 g/mol. The standard InChI is InChI=1S/C31H41N7O6/c1-31(2,3)44-30(42)37-13-11-36(12-14-37)28(40)20-9-7-19(8-10-20)25-24-26(34-33-25)21-5-4-6-22(23(21)27(24)39)32-29(41)35-38-15-17-43-18-16-38/h4-6,19-20H,7-18H2,1-3H3,(H,33,34)(H2,32,35,41)/t19-,20-. The number of urea groups is 1. The summed E-state index contributed by atoms with van der Waals surface area (Å²) in [7, 11) is 0. The fourth-order valence-corrected chi connectivity index (χ4v) is 6.59. The topological polar surface area (TPSA) is 149 Å². The van der Waals surface area contributed by atoms with Gasteiger partial charge in [0.05, 0.1) is 41.4 Å². The average molecular weight is 608 g/mol. The molecular formula is C31H41N7O6. The Kier molecular flexibility index (Phi) is 8.34. The van der Waals surface area contributed by atoms with Gasteiger partial charge in [-0.1, -0.05) is 12.1 Å². The van der Waals surface area contributed by atoms with Crippen LogP contribution in [0.4, 0.5) is 15.3 Å². The van der Waals surface area contributed by atoms with E-state index < -0.39 is 11.6 Å².